The highest BCUT2D eigenvalue weighted by atomic mass is 32.2. The van der Waals surface area contributed by atoms with Crippen molar-refractivity contribution in [2.24, 2.45) is 5.41 Å². The van der Waals surface area contributed by atoms with Crippen molar-refractivity contribution in [2.45, 2.75) is 43.8 Å². The summed E-state index contributed by atoms with van der Waals surface area (Å²) in [5, 5.41) is 0. The van der Waals surface area contributed by atoms with Crippen molar-refractivity contribution < 1.29 is 23.4 Å². The molecule has 0 unspecified atom stereocenters. The molecule has 0 saturated carbocycles. The molecule has 160 valence electrons. The number of hydrogen-bond donors (Lipinski definition) is 0. The minimum Gasteiger partial charge on any atom is -0.465 e. The molecule has 30 heavy (non-hydrogen) atoms. The highest BCUT2D eigenvalue weighted by molar-refractivity contribution is 7.98. The molecule has 2 aliphatic rings. The fourth-order valence-corrected chi connectivity index (χ4v) is 4.91. The van der Waals surface area contributed by atoms with Crippen molar-refractivity contribution in [3.63, 3.8) is 0 Å². The number of fused-ring (bicyclic) bond motifs is 1. The molecule has 0 radical (unpaired) electrons. The predicted octanol–water partition coefficient (Wildman–Crippen LogP) is 5.26. The van der Waals surface area contributed by atoms with Crippen LogP contribution in [0.2, 0.25) is 0 Å². The van der Waals surface area contributed by atoms with Crippen LogP contribution in [-0.2, 0) is 27.1 Å². The molecule has 2 aromatic rings. The number of carbonyl (C=O) groups is 1. The van der Waals surface area contributed by atoms with Crippen LogP contribution in [0.3, 0.4) is 0 Å². The van der Waals surface area contributed by atoms with Gasteiger partial charge in [0, 0.05) is 23.2 Å². The average Bonchev–Trinajstić information content (AvgIpc) is 2.75. The number of ether oxygens (including phenoxy) is 3. The first kappa shape index (κ1) is 21.3. The van der Waals surface area contributed by atoms with E-state index in [1.807, 2.05) is 12.3 Å². The number of hydrogen-bond acceptors (Lipinski definition) is 5. The molecule has 2 aromatic carbocycles. The summed E-state index contributed by atoms with van der Waals surface area (Å²) < 4.78 is 31.2. The molecule has 0 bridgehead atoms. The number of rotatable bonds is 3. The van der Waals surface area contributed by atoms with Crippen LogP contribution in [0.4, 0.5) is 4.39 Å². The molecule has 0 aromatic heterocycles. The van der Waals surface area contributed by atoms with Gasteiger partial charge in [0.2, 0.25) is 0 Å². The van der Waals surface area contributed by atoms with Crippen molar-refractivity contribution in [3.05, 3.63) is 52.8 Å². The SMILES string of the molecule is COC(=O)c1c(SC)cc(-c2ccc(F)cc2)c2c1CCC1(C2)OCC(C)(C)CO1. The van der Waals surface area contributed by atoms with Gasteiger partial charge >= 0.3 is 5.97 Å². The summed E-state index contributed by atoms with van der Waals surface area (Å²) in [7, 11) is 1.41. The van der Waals surface area contributed by atoms with Crippen LogP contribution in [0.5, 0.6) is 0 Å². The Balaban J connectivity index is 1.86. The smallest absolute Gasteiger partial charge is 0.339 e. The summed E-state index contributed by atoms with van der Waals surface area (Å²) in [6.45, 7) is 5.50. The van der Waals surface area contributed by atoms with Crippen molar-refractivity contribution in [1.82, 2.24) is 0 Å². The minimum atomic E-state index is -0.689. The highest BCUT2D eigenvalue weighted by Gasteiger charge is 2.44. The van der Waals surface area contributed by atoms with Crippen molar-refractivity contribution in [2.75, 3.05) is 26.6 Å². The van der Waals surface area contributed by atoms with Crippen LogP contribution in [0, 0.1) is 11.2 Å². The summed E-state index contributed by atoms with van der Waals surface area (Å²) in [4.78, 5) is 13.5. The Morgan fingerprint density at radius 3 is 2.40 bits per heavy atom. The second kappa shape index (κ2) is 7.98. The van der Waals surface area contributed by atoms with E-state index in [1.165, 1.54) is 31.0 Å². The van der Waals surface area contributed by atoms with Crippen LogP contribution < -0.4 is 0 Å². The van der Waals surface area contributed by atoms with Gasteiger partial charge in [0.1, 0.15) is 5.82 Å². The Labute approximate surface area is 181 Å². The highest BCUT2D eigenvalue weighted by Crippen LogP contribution is 2.45. The summed E-state index contributed by atoms with van der Waals surface area (Å²) in [6, 6.07) is 8.49. The van der Waals surface area contributed by atoms with Gasteiger partial charge in [0.05, 0.1) is 25.9 Å². The lowest BCUT2D eigenvalue weighted by atomic mass is 9.79. The zero-order valence-corrected chi connectivity index (χ0v) is 18.7. The lowest BCUT2D eigenvalue weighted by Gasteiger charge is -2.46. The molecule has 1 spiro atoms. The fourth-order valence-electron chi connectivity index (χ4n) is 4.26. The molecule has 1 saturated heterocycles. The van der Waals surface area contributed by atoms with Crippen LogP contribution >= 0.6 is 11.8 Å². The monoisotopic (exact) mass is 430 g/mol. The van der Waals surface area contributed by atoms with Gasteiger partial charge < -0.3 is 14.2 Å². The molecule has 1 aliphatic heterocycles. The minimum absolute atomic E-state index is 0.0226. The summed E-state index contributed by atoms with van der Waals surface area (Å²) in [6.07, 6.45) is 3.83. The molecule has 0 atom stereocenters. The van der Waals surface area contributed by atoms with Crippen molar-refractivity contribution in [3.8, 4) is 11.1 Å². The number of carbonyl (C=O) groups excluding carboxylic acids is 1. The third-order valence-electron chi connectivity index (χ3n) is 5.93. The van der Waals surface area contributed by atoms with Crippen LogP contribution in [0.25, 0.3) is 11.1 Å². The van der Waals surface area contributed by atoms with E-state index in [0.717, 1.165) is 27.1 Å². The molecule has 0 amide bonds. The molecular formula is C24H27FO4S. The average molecular weight is 431 g/mol. The van der Waals surface area contributed by atoms with Gasteiger partial charge in [-0.2, -0.15) is 0 Å². The van der Waals surface area contributed by atoms with E-state index in [0.29, 0.717) is 38.0 Å². The Bertz CT molecular complexity index is 958. The van der Waals surface area contributed by atoms with E-state index in [2.05, 4.69) is 13.8 Å². The van der Waals surface area contributed by atoms with Gasteiger partial charge in [-0.25, -0.2) is 9.18 Å². The Kier molecular flexibility index (Phi) is 5.68. The van der Waals surface area contributed by atoms with E-state index in [1.54, 1.807) is 12.1 Å². The predicted molar refractivity (Wildman–Crippen MR) is 115 cm³/mol. The molecule has 0 N–H and O–H groups in total. The molecule has 1 heterocycles. The maximum Gasteiger partial charge on any atom is 0.339 e. The number of benzene rings is 2. The second-order valence-electron chi connectivity index (χ2n) is 8.79. The van der Waals surface area contributed by atoms with Gasteiger partial charge in [0.25, 0.3) is 0 Å². The van der Waals surface area contributed by atoms with Crippen molar-refractivity contribution in [1.29, 1.82) is 0 Å². The Morgan fingerprint density at radius 1 is 1.13 bits per heavy atom. The first-order valence-electron chi connectivity index (χ1n) is 10.1. The zero-order valence-electron chi connectivity index (χ0n) is 17.8. The number of methoxy groups -OCH3 is 1. The van der Waals surface area contributed by atoms with Gasteiger partial charge in [-0.15, -0.1) is 11.8 Å². The third-order valence-corrected chi connectivity index (χ3v) is 6.69. The van der Waals surface area contributed by atoms with Crippen LogP contribution in [0.15, 0.2) is 35.2 Å². The Morgan fingerprint density at radius 2 is 1.80 bits per heavy atom. The molecule has 1 fully saturated rings. The number of thioether (sulfide) groups is 1. The van der Waals surface area contributed by atoms with Crippen LogP contribution in [-0.4, -0.2) is 38.3 Å². The standard InChI is InChI=1S/C24H27FO4S/c1-23(2)13-28-24(29-14-23)10-9-17-19(12-24)18(15-5-7-16(25)8-6-15)11-20(30-4)21(17)22(26)27-3/h5-8,11H,9-10,12-14H2,1-4H3. The van der Waals surface area contributed by atoms with Gasteiger partial charge in [-0.3, -0.25) is 0 Å². The summed E-state index contributed by atoms with van der Waals surface area (Å²) >= 11 is 1.51. The number of esters is 1. The van der Waals surface area contributed by atoms with E-state index in [-0.39, 0.29) is 17.2 Å². The zero-order chi connectivity index (χ0) is 21.5. The van der Waals surface area contributed by atoms with Gasteiger partial charge in [-0.05, 0) is 53.1 Å². The van der Waals surface area contributed by atoms with E-state index < -0.39 is 5.79 Å². The Hall–Kier alpha value is -1.89. The second-order valence-corrected chi connectivity index (χ2v) is 9.63. The van der Waals surface area contributed by atoms with Crippen LogP contribution in [0.1, 0.15) is 41.8 Å². The van der Waals surface area contributed by atoms with Gasteiger partial charge in [0.15, 0.2) is 5.79 Å². The van der Waals surface area contributed by atoms with E-state index in [9.17, 15) is 9.18 Å². The normalized spacial score (nSPS) is 19.4. The lowest BCUT2D eigenvalue weighted by Crippen LogP contribution is -2.50. The van der Waals surface area contributed by atoms with E-state index in [4.69, 9.17) is 14.2 Å². The van der Waals surface area contributed by atoms with Gasteiger partial charge in [-0.1, -0.05) is 26.0 Å². The molecule has 4 rings (SSSR count). The summed E-state index contributed by atoms with van der Waals surface area (Å²) in [5.74, 6) is -1.30. The fraction of sp³-hybridized carbons (Fsp3) is 0.458. The lowest BCUT2D eigenvalue weighted by molar-refractivity contribution is -0.302. The third kappa shape index (κ3) is 3.88. The largest absolute Gasteiger partial charge is 0.465 e. The van der Waals surface area contributed by atoms with Crippen molar-refractivity contribution >= 4 is 17.7 Å². The molecule has 1 aliphatic carbocycles. The van der Waals surface area contributed by atoms with E-state index >= 15 is 0 Å². The maximum atomic E-state index is 13.6. The maximum absolute atomic E-state index is 13.6. The molecule has 4 nitrogen and oxygen atoms in total. The number of halogens is 1. The first-order chi connectivity index (χ1) is 14.3. The molecular weight excluding hydrogens is 403 g/mol. The molecule has 6 heteroatoms. The summed E-state index contributed by atoms with van der Waals surface area (Å²) in [5.41, 5.74) is 4.49. The topological polar surface area (TPSA) is 44.8 Å². The quantitative estimate of drug-likeness (QED) is 0.491. The first-order valence-corrected chi connectivity index (χ1v) is 11.3.